The third kappa shape index (κ3) is 55.2. The fraction of sp³-hybridized carbons (Fsp3) is 0.951. The van der Waals surface area contributed by atoms with Crippen molar-refractivity contribution in [1.29, 1.82) is 0 Å². The van der Waals surface area contributed by atoms with Crippen LogP contribution in [-0.4, -0.2) is 37.2 Å². The van der Waals surface area contributed by atoms with Gasteiger partial charge in [-0.05, 0) is 19.3 Å². The fourth-order valence-electron chi connectivity index (χ4n) is 9.51. The standard InChI is InChI=1S/C61H118O6/c1-4-7-10-13-16-19-21-23-25-26-27-28-29-30-31-32-33-34-35-37-38-40-42-45-48-51-54-60(63)66-57-58(56-65-59(62)53-50-47-44-18-15-12-9-6-3)67-61(64)55-52-49-46-43-41-39-36-24-22-20-17-14-11-8-5-2/h58H,4-57H2,1-3H3. The Labute approximate surface area is 418 Å². The number of carbonyl (C=O) groups excluding carboxylic acids is 3. The molecule has 0 heterocycles. The molecule has 0 N–H and O–H groups in total. The van der Waals surface area contributed by atoms with Crippen molar-refractivity contribution >= 4 is 17.9 Å². The van der Waals surface area contributed by atoms with E-state index in [4.69, 9.17) is 14.2 Å². The van der Waals surface area contributed by atoms with Gasteiger partial charge in [0, 0.05) is 19.3 Å². The van der Waals surface area contributed by atoms with E-state index in [9.17, 15) is 14.4 Å². The summed E-state index contributed by atoms with van der Waals surface area (Å²) in [6.07, 6.45) is 64.2. The Hall–Kier alpha value is -1.59. The number of hydrogen-bond donors (Lipinski definition) is 0. The number of rotatable bonds is 57. The highest BCUT2D eigenvalue weighted by atomic mass is 16.6. The second-order valence-electron chi connectivity index (χ2n) is 21.0. The minimum atomic E-state index is -0.760. The Morgan fingerprint density at radius 2 is 0.403 bits per heavy atom. The monoisotopic (exact) mass is 947 g/mol. The van der Waals surface area contributed by atoms with Gasteiger partial charge in [-0.15, -0.1) is 0 Å². The van der Waals surface area contributed by atoms with Crippen LogP contribution in [0.5, 0.6) is 0 Å². The molecular weight excluding hydrogens is 829 g/mol. The summed E-state index contributed by atoms with van der Waals surface area (Å²) in [5.74, 6) is -0.838. The van der Waals surface area contributed by atoms with Crippen LogP contribution in [0.25, 0.3) is 0 Å². The Balaban J connectivity index is 4.05. The van der Waals surface area contributed by atoms with Gasteiger partial charge in [-0.2, -0.15) is 0 Å². The molecule has 0 radical (unpaired) electrons. The SMILES string of the molecule is CCCCCCCCCCCCCCCCCCCCCCCCCCCCC(=O)OCC(COC(=O)CCCCCCCCCC)OC(=O)CCCCCCCCCCCCCCCCC. The van der Waals surface area contributed by atoms with E-state index < -0.39 is 6.10 Å². The highest BCUT2D eigenvalue weighted by Crippen LogP contribution is 2.18. The van der Waals surface area contributed by atoms with Crippen LogP contribution in [-0.2, 0) is 28.6 Å². The molecule has 0 fully saturated rings. The number of carbonyl (C=O) groups is 3. The van der Waals surface area contributed by atoms with Crippen molar-refractivity contribution in [1.82, 2.24) is 0 Å². The summed E-state index contributed by atoms with van der Waals surface area (Å²) in [5.41, 5.74) is 0. The molecule has 398 valence electrons. The minimum absolute atomic E-state index is 0.0616. The topological polar surface area (TPSA) is 78.9 Å². The van der Waals surface area contributed by atoms with Crippen molar-refractivity contribution in [2.24, 2.45) is 0 Å². The first kappa shape index (κ1) is 65.4. The van der Waals surface area contributed by atoms with Gasteiger partial charge in [0.15, 0.2) is 6.10 Å². The quantitative estimate of drug-likeness (QED) is 0.0343. The van der Waals surface area contributed by atoms with E-state index in [1.54, 1.807) is 0 Å². The van der Waals surface area contributed by atoms with E-state index >= 15 is 0 Å². The fourth-order valence-corrected chi connectivity index (χ4v) is 9.51. The molecule has 6 heteroatoms. The zero-order valence-electron chi connectivity index (χ0n) is 45.7. The third-order valence-corrected chi connectivity index (χ3v) is 14.1. The molecule has 67 heavy (non-hydrogen) atoms. The molecular formula is C61H118O6. The minimum Gasteiger partial charge on any atom is -0.462 e. The molecule has 0 aliphatic rings. The number of esters is 3. The van der Waals surface area contributed by atoms with Gasteiger partial charge in [0.25, 0.3) is 0 Å². The Kier molecular flexibility index (Phi) is 55.6. The lowest BCUT2D eigenvalue weighted by atomic mass is 10.0. The van der Waals surface area contributed by atoms with Crippen molar-refractivity contribution in [3.8, 4) is 0 Å². The van der Waals surface area contributed by atoms with Crippen LogP contribution in [0.2, 0.25) is 0 Å². The highest BCUT2D eigenvalue weighted by molar-refractivity contribution is 5.71. The first-order valence-electron chi connectivity index (χ1n) is 30.5. The highest BCUT2D eigenvalue weighted by Gasteiger charge is 2.19. The second-order valence-corrected chi connectivity index (χ2v) is 21.0. The van der Waals surface area contributed by atoms with Crippen LogP contribution < -0.4 is 0 Å². The van der Waals surface area contributed by atoms with Crippen molar-refractivity contribution in [2.45, 2.75) is 361 Å². The molecule has 0 bridgehead atoms. The van der Waals surface area contributed by atoms with E-state index in [1.165, 1.54) is 257 Å². The molecule has 0 rings (SSSR count). The maximum atomic E-state index is 12.8. The lowest BCUT2D eigenvalue weighted by molar-refractivity contribution is -0.167. The molecule has 1 atom stereocenters. The van der Waals surface area contributed by atoms with Crippen molar-refractivity contribution in [3.63, 3.8) is 0 Å². The smallest absolute Gasteiger partial charge is 0.306 e. The van der Waals surface area contributed by atoms with Gasteiger partial charge < -0.3 is 14.2 Å². The molecule has 0 spiro atoms. The van der Waals surface area contributed by atoms with E-state index in [1.807, 2.05) is 0 Å². The lowest BCUT2D eigenvalue weighted by Gasteiger charge is -2.18. The number of unbranched alkanes of at least 4 members (excludes halogenated alkanes) is 46. The molecule has 0 saturated carbocycles. The predicted octanol–water partition coefficient (Wildman–Crippen LogP) is 20.3. The summed E-state index contributed by atoms with van der Waals surface area (Å²) in [7, 11) is 0. The summed E-state index contributed by atoms with van der Waals surface area (Å²) in [6.45, 7) is 6.68. The molecule has 6 nitrogen and oxygen atoms in total. The Morgan fingerprint density at radius 3 is 0.597 bits per heavy atom. The van der Waals surface area contributed by atoms with Gasteiger partial charge in [0.1, 0.15) is 13.2 Å². The Morgan fingerprint density at radius 1 is 0.239 bits per heavy atom. The van der Waals surface area contributed by atoms with Crippen LogP contribution in [0.3, 0.4) is 0 Å². The largest absolute Gasteiger partial charge is 0.462 e. The van der Waals surface area contributed by atoms with E-state index in [2.05, 4.69) is 20.8 Å². The molecule has 0 aliphatic heterocycles. The normalized spacial score (nSPS) is 11.9. The first-order chi connectivity index (χ1) is 33.0. The number of hydrogen-bond acceptors (Lipinski definition) is 6. The summed E-state index contributed by atoms with van der Waals surface area (Å²) in [4.78, 5) is 38.0. The molecule has 0 aliphatic carbocycles. The molecule has 0 saturated heterocycles. The van der Waals surface area contributed by atoms with Crippen LogP contribution in [0, 0.1) is 0 Å². The summed E-state index contributed by atoms with van der Waals surface area (Å²) in [5, 5.41) is 0. The van der Waals surface area contributed by atoms with Crippen LogP contribution in [0.4, 0.5) is 0 Å². The zero-order valence-corrected chi connectivity index (χ0v) is 45.7. The van der Waals surface area contributed by atoms with E-state index in [0.717, 1.165) is 57.8 Å². The molecule has 0 aromatic carbocycles. The third-order valence-electron chi connectivity index (χ3n) is 14.1. The van der Waals surface area contributed by atoms with Gasteiger partial charge in [0.2, 0.25) is 0 Å². The molecule has 0 aromatic heterocycles. The van der Waals surface area contributed by atoms with Crippen molar-refractivity contribution in [3.05, 3.63) is 0 Å². The van der Waals surface area contributed by atoms with Crippen LogP contribution in [0.15, 0.2) is 0 Å². The summed E-state index contributed by atoms with van der Waals surface area (Å²) < 4.78 is 16.8. The average Bonchev–Trinajstić information content (AvgIpc) is 3.33. The molecule has 1 unspecified atom stereocenters. The maximum Gasteiger partial charge on any atom is 0.306 e. The first-order valence-corrected chi connectivity index (χ1v) is 30.5. The van der Waals surface area contributed by atoms with Crippen molar-refractivity contribution in [2.75, 3.05) is 13.2 Å². The molecule has 0 amide bonds. The number of ether oxygens (including phenoxy) is 3. The predicted molar refractivity (Wildman–Crippen MR) is 289 cm³/mol. The second kappa shape index (κ2) is 57.0. The van der Waals surface area contributed by atoms with E-state index in [-0.39, 0.29) is 31.1 Å². The van der Waals surface area contributed by atoms with Gasteiger partial charge in [-0.3, -0.25) is 14.4 Å². The summed E-state index contributed by atoms with van der Waals surface area (Å²) in [6, 6.07) is 0. The maximum absolute atomic E-state index is 12.8. The lowest BCUT2D eigenvalue weighted by Crippen LogP contribution is -2.30. The summed E-state index contributed by atoms with van der Waals surface area (Å²) >= 11 is 0. The van der Waals surface area contributed by atoms with Crippen LogP contribution in [0.1, 0.15) is 355 Å². The van der Waals surface area contributed by atoms with Gasteiger partial charge >= 0.3 is 17.9 Å². The van der Waals surface area contributed by atoms with Gasteiger partial charge in [0.05, 0.1) is 0 Å². The van der Waals surface area contributed by atoms with E-state index in [0.29, 0.717) is 19.3 Å². The Bertz CT molecular complexity index is 998. The zero-order chi connectivity index (χ0) is 48.6. The molecule has 0 aromatic rings. The van der Waals surface area contributed by atoms with Gasteiger partial charge in [-0.25, -0.2) is 0 Å². The van der Waals surface area contributed by atoms with Crippen LogP contribution >= 0.6 is 0 Å². The van der Waals surface area contributed by atoms with Crippen molar-refractivity contribution < 1.29 is 28.6 Å². The average molecular weight is 948 g/mol. The van der Waals surface area contributed by atoms with Gasteiger partial charge in [-0.1, -0.05) is 316 Å².